The van der Waals surface area contributed by atoms with E-state index < -0.39 is 17.3 Å². The SMILES string of the molecule is CC1CC(n2cnc3c2c(=O)n(C)c(=O)n3C)C(=O)O1. The molecule has 0 bridgehead atoms. The van der Waals surface area contributed by atoms with Crippen molar-refractivity contribution in [3.63, 3.8) is 0 Å². The molecule has 0 saturated carbocycles. The topological polar surface area (TPSA) is 88.1 Å². The van der Waals surface area contributed by atoms with Gasteiger partial charge in [0.1, 0.15) is 12.1 Å². The van der Waals surface area contributed by atoms with Gasteiger partial charge in [-0.3, -0.25) is 13.9 Å². The monoisotopic (exact) mass is 278 g/mol. The molecule has 0 amide bonds. The number of carbonyl (C=O) groups is 1. The maximum Gasteiger partial charge on any atom is 0.332 e. The minimum Gasteiger partial charge on any atom is -0.461 e. The van der Waals surface area contributed by atoms with Gasteiger partial charge >= 0.3 is 11.7 Å². The van der Waals surface area contributed by atoms with Crippen LogP contribution in [0.5, 0.6) is 0 Å². The van der Waals surface area contributed by atoms with E-state index in [1.165, 1.54) is 29.6 Å². The molecule has 8 nitrogen and oxygen atoms in total. The van der Waals surface area contributed by atoms with Crippen molar-refractivity contribution in [2.24, 2.45) is 14.1 Å². The summed E-state index contributed by atoms with van der Waals surface area (Å²) in [5.41, 5.74) is -0.404. The van der Waals surface area contributed by atoms with Crippen LogP contribution in [0.25, 0.3) is 11.2 Å². The van der Waals surface area contributed by atoms with Crippen molar-refractivity contribution in [3.8, 4) is 0 Å². The summed E-state index contributed by atoms with van der Waals surface area (Å²) in [4.78, 5) is 40.0. The van der Waals surface area contributed by atoms with Crippen LogP contribution in [0.3, 0.4) is 0 Å². The Balaban J connectivity index is 2.32. The molecule has 2 unspecified atom stereocenters. The number of carbonyl (C=O) groups excluding carboxylic acids is 1. The Labute approximate surface area is 113 Å². The highest BCUT2D eigenvalue weighted by Crippen LogP contribution is 2.27. The van der Waals surface area contributed by atoms with E-state index in [2.05, 4.69) is 4.98 Å². The van der Waals surface area contributed by atoms with Gasteiger partial charge in [0, 0.05) is 20.5 Å². The highest BCUT2D eigenvalue weighted by atomic mass is 16.6. The number of ether oxygens (including phenoxy) is 1. The molecule has 0 aliphatic carbocycles. The van der Waals surface area contributed by atoms with E-state index in [0.717, 1.165) is 4.57 Å². The number of fused-ring (bicyclic) bond motifs is 1. The van der Waals surface area contributed by atoms with Crippen LogP contribution in [0.1, 0.15) is 19.4 Å². The Morgan fingerprint density at radius 3 is 2.55 bits per heavy atom. The van der Waals surface area contributed by atoms with Gasteiger partial charge in [-0.1, -0.05) is 0 Å². The van der Waals surface area contributed by atoms with Gasteiger partial charge < -0.3 is 9.30 Å². The first-order valence-electron chi connectivity index (χ1n) is 6.25. The summed E-state index contributed by atoms with van der Waals surface area (Å²) in [6, 6.07) is -0.569. The Morgan fingerprint density at radius 2 is 1.95 bits per heavy atom. The van der Waals surface area contributed by atoms with Gasteiger partial charge in [-0.25, -0.2) is 14.6 Å². The number of nitrogens with zero attached hydrogens (tertiary/aromatic N) is 4. The lowest BCUT2D eigenvalue weighted by Crippen LogP contribution is -2.38. The van der Waals surface area contributed by atoms with Crippen LogP contribution >= 0.6 is 0 Å². The van der Waals surface area contributed by atoms with Crippen LogP contribution in [0.15, 0.2) is 15.9 Å². The summed E-state index contributed by atoms with van der Waals surface area (Å²) >= 11 is 0. The van der Waals surface area contributed by atoms with Gasteiger partial charge in [0.25, 0.3) is 5.56 Å². The normalized spacial score (nSPS) is 22.4. The van der Waals surface area contributed by atoms with Crippen molar-refractivity contribution in [1.29, 1.82) is 0 Å². The standard InChI is InChI=1S/C12H14N4O4/c1-6-4-7(11(18)20-6)16-5-13-9-8(16)10(17)15(3)12(19)14(9)2/h5-7H,4H2,1-3H3. The first kappa shape index (κ1) is 12.6. The molecule has 0 aromatic carbocycles. The molecule has 1 aliphatic heterocycles. The Hall–Kier alpha value is -2.38. The van der Waals surface area contributed by atoms with Crippen LogP contribution in [0.2, 0.25) is 0 Å². The average Bonchev–Trinajstić information content (AvgIpc) is 2.97. The Bertz CT molecular complexity index is 828. The first-order valence-corrected chi connectivity index (χ1v) is 6.25. The average molecular weight is 278 g/mol. The van der Waals surface area contributed by atoms with E-state index in [9.17, 15) is 14.4 Å². The molecule has 106 valence electrons. The fraction of sp³-hybridized carbons (Fsp3) is 0.500. The number of aryl methyl sites for hydroxylation is 1. The maximum atomic E-state index is 12.3. The van der Waals surface area contributed by atoms with Crippen LogP contribution < -0.4 is 11.2 Å². The number of hydrogen-bond donors (Lipinski definition) is 0. The van der Waals surface area contributed by atoms with Gasteiger partial charge in [0.2, 0.25) is 0 Å². The van der Waals surface area contributed by atoms with Gasteiger partial charge in [-0.05, 0) is 6.92 Å². The van der Waals surface area contributed by atoms with E-state index in [0.29, 0.717) is 6.42 Å². The molecule has 2 atom stereocenters. The van der Waals surface area contributed by atoms with Crippen molar-refractivity contribution in [2.75, 3.05) is 0 Å². The van der Waals surface area contributed by atoms with Crippen LogP contribution in [0.4, 0.5) is 0 Å². The first-order chi connectivity index (χ1) is 9.41. The molecule has 2 aromatic heterocycles. The minimum atomic E-state index is -0.569. The quantitative estimate of drug-likeness (QED) is 0.644. The number of imidazole rings is 1. The molecule has 0 N–H and O–H groups in total. The lowest BCUT2D eigenvalue weighted by Gasteiger charge is -2.09. The third kappa shape index (κ3) is 1.54. The van der Waals surface area contributed by atoms with Crippen LogP contribution in [0, 0.1) is 0 Å². The third-order valence-electron chi connectivity index (χ3n) is 3.65. The predicted octanol–water partition coefficient (Wildman–Crippen LogP) is -0.690. The van der Waals surface area contributed by atoms with E-state index in [4.69, 9.17) is 4.74 Å². The summed E-state index contributed by atoms with van der Waals surface area (Å²) in [5, 5.41) is 0. The largest absolute Gasteiger partial charge is 0.461 e. The molecule has 3 heterocycles. The van der Waals surface area contributed by atoms with Crippen molar-refractivity contribution in [2.45, 2.75) is 25.5 Å². The molecule has 8 heteroatoms. The molecule has 20 heavy (non-hydrogen) atoms. The van der Waals surface area contributed by atoms with Gasteiger partial charge in [-0.2, -0.15) is 0 Å². The molecule has 1 aliphatic rings. The zero-order chi connectivity index (χ0) is 14.6. The summed E-state index contributed by atoms with van der Waals surface area (Å²) in [6.07, 6.45) is 1.70. The number of cyclic esters (lactones) is 1. The fourth-order valence-corrected chi connectivity index (χ4v) is 2.56. The smallest absolute Gasteiger partial charge is 0.332 e. The van der Waals surface area contributed by atoms with E-state index in [-0.39, 0.29) is 23.2 Å². The number of esters is 1. The van der Waals surface area contributed by atoms with Gasteiger partial charge in [0.05, 0.1) is 6.33 Å². The molecular weight excluding hydrogens is 264 g/mol. The minimum absolute atomic E-state index is 0.193. The molecular formula is C12H14N4O4. The highest BCUT2D eigenvalue weighted by Gasteiger charge is 2.35. The summed E-state index contributed by atoms with van der Waals surface area (Å²) < 4.78 is 8.90. The molecule has 2 aromatic rings. The molecule has 1 fully saturated rings. The van der Waals surface area contributed by atoms with E-state index >= 15 is 0 Å². The van der Waals surface area contributed by atoms with Crippen molar-refractivity contribution in [1.82, 2.24) is 18.7 Å². The predicted molar refractivity (Wildman–Crippen MR) is 69.4 cm³/mol. The summed E-state index contributed by atoms with van der Waals surface area (Å²) in [5.74, 6) is -0.382. The Kier molecular flexibility index (Phi) is 2.56. The lowest BCUT2D eigenvalue weighted by molar-refractivity contribution is -0.143. The fourth-order valence-electron chi connectivity index (χ4n) is 2.56. The van der Waals surface area contributed by atoms with Gasteiger partial charge in [0.15, 0.2) is 11.2 Å². The third-order valence-corrected chi connectivity index (χ3v) is 3.65. The summed E-state index contributed by atoms with van der Waals surface area (Å²) in [6.45, 7) is 1.80. The van der Waals surface area contributed by atoms with Crippen molar-refractivity contribution >= 4 is 17.1 Å². The number of hydrogen-bond acceptors (Lipinski definition) is 5. The second kappa shape index (κ2) is 4.06. The van der Waals surface area contributed by atoms with Gasteiger partial charge in [-0.15, -0.1) is 0 Å². The zero-order valence-corrected chi connectivity index (χ0v) is 11.4. The molecule has 1 saturated heterocycles. The van der Waals surface area contributed by atoms with Crippen molar-refractivity contribution < 1.29 is 9.53 Å². The highest BCUT2D eigenvalue weighted by molar-refractivity contribution is 5.80. The van der Waals surface area contributed by atoms with Crippen LogP contribution in [-0.4, -0.2) is 30.8 Å². The number of aromatic nitrogens is 4. The zero-order valence-electron chi connectivity index (χ0n) is 11.4. The lowest BCUT2D eigenvalue weighted by atomic mass is 10.2. The molecule has 3 rings (SSSR count). The van der Waals surface area contributed by atoms with Crippen LogP contribution in [-0.2, 0) is 23.6 Å². The van der Waals surface area contributed by atoms with E-state index in [1.54, 1.807) is 6.92 Å². The summed E-state index contributed by atoms with van der Waals surface area (Å²) in [7, 11) is 2.94. The maximum absolute atomic E-state index is 12.3. The Morgan fingerprint density at radius 1 is 1.25 bits per heavy atom. The van der Waals surface area contributed by atoms with E-state index in [1.807, 2.05) is 0 Å². The number of rotatable bonds is 1. The molecule has 0 radical (unpaired) electrons. The second-order valence-corrected chi connectivity index (χ2v) is 5.03. The molecule has 0 spiro atoms. The second-order valence-electron chi connectivity index (χ2n) is 5.03. The van der Waals surface area contributed by atoms with Crippen molar-refractivity contribution in [3.05, 3.63) is 27.2 Å².